The van der Waals surface area contributed by atoms with Crippen molar-refractivity contribution in [2.24, 2.45) is 0 Å². The highest BCUT2D eigenvalue weighted by molar-refractivity contribution is 6.30. The van der Waals surface area contributed by atoms with Crippen molar-refractivity contribution in [2.75, 3.05) is 13.1 Å². The van der Waals surface area contributed by atoms with Crippen LogP contribution in [0.5, 0.6) is 0 Å². The van der Waals surface area contributed by atoms with Gasteiger partial charge in [0.15, 0.2) is 5.66 Å². The summed E-state index contributed by atoms with van der Waals surface area (Å²) in [4.78, 5) is 30.5. The van der Waals surface area contributed by atoms with Crippen molar-refractivity contribution in [3.63, 3.8) is 0 Å². The van der Waals surface area contributed by atoms with E-state index in [1.807, 2.05) is 58.3 Å². The van der Waals surface area contributed by atoms with Crippen molar-refractivity contribution in [1.29, 1.82) is 0 Å². The molecule has 31 heavy (non-hydrogen) atoms. The Balaban J connectivity index is 1.59. The molecular weight excluding hydrogens is 408 g/mol. The fourth-order valence-corrected chi connectivity index (χ4v) is 5.28. The lowest BCUT2D eigenvalue weighted by Crippen LogP contribution is -2.51. The van der Waals surface area contributed by atoms with Crippen LogP contribution in [-0.4, -0.2) is 34.7 Å². The van der Waals surface area contributed by atoms with Crippen molar-refractivity contribution < 1.29 is 9.59 Å². The van der Waals surface area contributed by atoms with Crippen molar-refractivity contribution >= 4 is 23.4 Å². The van der Waals surface area contributed by atoms with E-state index in [9.17, 15) is 9.59 Å². The summed E-state index contributed by atoms with van der Waals surface area (Å²) in [6.07, 6.45) is 8.75. The summed E-state index contributed by atoms with van der Waals surface area (Å²) >= 11 is 6.16. The predicted molar refractivity (Wildman–Crippen MR) is 124 cm³/mol. The molecular formula is C26H31ClN2O2. The van der Waals surface area contributed by atoms with E-state index >= 15 is 0 Å². The number of amides is 2. The highest BCUT2D eigenvalue weighted by atomic mass is 35.5. The molecule has 0 bridgehead atoms. The molecule has 2 aliphatic rings. The first-order valence-corrected chi connectivity index (χ1v) is 12.0. The number of nitrogens with zero attached hydrogens (tertiary/aromatic N) is 2. The molecule has 4 nitrogen and oxygen atoms in total. The topological polar surface area (TPSA) is 40.6 Å². The van der Waals surface area contributed by atoms with E-state index in [0.29, 0.717) is 30.1 Å². The number of halogens is 1. The Bertz CT molecular complexity index is 943. The van der Waals surface area contributed by atoms with Gasteiger partial charge < -0.3 is 9.80 Å². The molecule has 1 fully saturated rings. The van der Waals surface area contributed by atoms with Gasteiger partial charge in [-0.25, -0.2) is 0 Å². The molecule has 2 aromatic rings. The van der Waals surface area contributed by atoms with E-state index in [1.165, 1.54) is 32.1 Å². The molecule has 2 aromatic carbocycles. The Morgan fingerprint density at radius 1 is 0.935 bits per heavy atom. The van der Waals surface area contributed by atoms with Crippen molar-refractivity contribution in [3.05, 3.63) is 70.2 Å². The molecule has 1 unspecified atom stereocenters. The molecule has 2 aliphatic heterocycles. The van der Waals surface area contributed by atoms with Gasteiger partial charge in [-0.3, -0.25) is 9.59 Å². The Labute approximate surface area is 190 Å². The molecule has 0 aromatic heterocycles. The summed E-state index contributed by atoms with van der Waals surface area (Å²) in [5, 5.41) is 0.642. The zero-order chi connectivity index (χ0) is 21.8. The third-order valence-electron chi connectivity index (χ3n) is 6.65. The maximum absolute atomic E-state index is 13.4. The normalized spacial score (nSPS) is 19.6. The summed E-state index contributed by atoms with van der Waals surface area (Å²) < 4.78 is 0. The monoisotopic (exact) mass is 438 g/mol. The largest absolute Gasteiger partial charge is 0.310 e. The molecule has 2 heterocycles. The minimum absolute atomic E-state index is 0.00299. The van der Waals surface area contributed by atoms with Crippen LogP contribution < -0.4 is 0 Å². The van der Waals surface area contributed by atoms with Gasteiger partial charge in [-0.05, 0) is 24.6 Å². The highest BCUT2D eigenvalue weighted by Crippen LogP contribution is 2.49. The fourth-order valence-electron chi connectivity index (χ4n) is 5.15. The van der Waals surface area contributed by atoms with Gasteiger partial charge in [0.05, 0.1) is 0 Å². The third kappa shape index (κ3) is 3.87. The van der Waals surface area contributed by atoms with Gasteiger partial charge in [0.25, 0.3) is 5.91 Å². The Morgan fingerprint density at radius 2 is 1.61 bits per heavy atom. The highest BCUT2D eigenvalue weighted by Gasteiger charge is 2.59. The average molecular weight is 439 g/mol. The first-order chi connectivity index (χ1) is 15.1. The van der Waals surface area contributed by atoms with Gasteiger partial charge in [0.1, 0.15) is 0 Å². The van der Waals surface area contributed by atoms with Gasteiger partial charge in [-0.2, -0.15) is 0 Å². The first-order valence-electron chi connectivity index (χ1n) is 11.6. The second kappa shape index (κ2) is 9.44. The molecule has 1 saturated heterocycles. The van der Waals surface area contributed by atoms with E-state index in [4.69, 9.17) is 11.6 Å². The first kappa shape index (κ1) is 21.9. The van der Waals surface area contributed by atoms with E-state index < -0.39 is 5.66 Å². The van der Waals surface area contributed by atoms with Gasteiger partial charge in [0.2, 0.25) is 5.91 Å². The van der Waals surface area contributed by atoms with Crippen LogP contribution in [0.3, 0.4) is 0 Å². The van der Waals surface area contributed by atoms with Crippen LogP contribution in [0.25, 0.3) is 0 Å². The molecule has 5 heteroatoms. The van der Waals surface area contributed by atoms with Crippen LogP contribution in [0.15, 0.2) is 48.5 Å². The van der Waals surface area contributed by atoms with Crippen molar-refractivity contribution in [1.82, 2.24) is 9.80 Å². The number of benzene rings is 2. The van der Waals surface area contributed by atoms with Gasteiger partial charge in [0, 0.05) is 41.2 Å². The number of unbranched alkanes of at least 4 members (excludes halogenated alkanes) is 6. The van der Waals surface area contributed by atoms with Crippen LogP contribution in [0.4, 0.5) is 0 Å². The molecule has 0 saturated carbocycles. The van der Waals surface area contributed by atoms with Crippen LogP contribution in [0.1, 0.15) is 79.8 Å². The molecule has 164 valence electrons. The summed E-state index contributed by atoms with van der Waals surface area (Å²) in [6, 6.07) is 15.3. The Kier molecular flexibility index (Phi) is 6.66. The number of hydrogen-bond donors (Lipinski definition) is 0. The smallest absolute Gasteiger partial charge is 0.256 e. The minimum Gasteiger partial charge on any atom is -0.310 e. The Morgan fingerprint density at radius 3 is 2.35 bits per heavy atom. The minimum atomic E-state index is -0.865. The average Bonchev–Trinajstić information content (AvgIpc) is 3.29. The van der Waals surface area contributed by atoms with Gasteiger partial charge in [-0.15, -0.1) is 0 Å². The molecule has 2 amide bonds. The fraction of sp³-hybridized carbons (Fsp3) is 0.462. The lowest BCUT2D eigenvalue weighted by atomic mass is 9.89. The maximum Gasteiger partial charge on any atom is 0.256 e. The molecule has 0 aliphatic carbocycles. The number of carbonyl (C=O) groups excluding carboxylic acids is 2. The van der Waals surface area contributed by atoms with Crippen molar-refractivity contribution in [3.8, 4) is 0 Å². The number of carbonyl (C=O) groups is 2. The summed E-state index contributed by atoms with van der Waals surface area (Å²) in [6.45, 7) is 3.32. The van der Waals surface area contributed by atoms with Crippen LogP contribution in [-0.2, 0) is 10.5 Å². The van der Waals surface area contributed by atoms with Crippen molar-refractivity contribution in [2.45, 2.75) is 64.0 Å². The van der Waals surface area contributed by atoms with Gasteiger partial charge >= 0.3 is 0 Å². The van der Waals surface area contributed by atoms with Crippen LogP contribution >= 0.6 is 11.6 Å². The predicted octanol–water partition coefficient (Wildman–Crippen LogP) is 5.98. The van der Waals surface area contributed by atoms with E-state index in [0.717, 1.165) is 24.0 Å². The number of fused-ring (bicyclic) bond motifs is 3. The zero-order valence-electron chi connectivity index (χ0n) is 18.3. The summed E-state index contributed by atoms with van der Waals surface area (Å²) in [7, 11) is 0. The lowest BCUT2D eigenvalue weighted by Gasteiger charge is -2.40. The standard InChI is InChI=1S/C26H31ClN2O2/c1-2-3-4-5-6-7-8-13-24(30)28-18-19-29-25(31)22-11-9-10-12-23(22)26(28,29)20-14-16-21(27)17-15-20/h9-12,14-17H,2-8,13,18-19H2,1H3. The van der Waals surface area contributed by atoms with Crippen LogP contribution in [0, 0.1) is 0 Å². The summed E-state index contributed by atoms with van der Waals surface area (Å²) in [5.41, 5.74) is 1.63. The summed E-state index contributed by atoms with van der Waals surface area (Å²) in [5.74, 6) is 0.118. The van der Waals surface area contributed by atoms with E-state index in [2.05, 4.69) is 6.92 Å². The zero-order valence-corrected chi connectivity index (χ0v) is 19.0. The molecule has 0 radical (unpaired) electrons. The Hall–Kier alpha value is -2.33. The second-order valence-corrected chi connectivity index (χ2v) is 9.03. The molecule has 1 atom stereocenters. The van der Waals surface area contributed by atoms with Gasteiger partial charge in [-0.1, -0.05) is 87.4 Å². The van der Waals surface area contributed by atoms with E-state index in [-0.39, 0.29) is 11.8 Å². The molecule has 4 rings (SSSR count). The lowest BCUT2D eigenvalue weighted by molar-refractivity contribution is -0.136. The maximum atomic E-state index is 13.4. The molecule has 0 N–H and O–H groups in total. The quantitative estimate of drug-likeness (QED) is 0.452. The van der Waals surface area contributed by atoms with Crippen LogP contribution in [0.2, 0.25) is 5.02 Å². The SMILES string of the molecule is CCCCCCCCCC(=O)N1CCN2C(=O)c3ccccc3C12c1ccc(Cl)cc1. The third-order valence-corrected chi connectivity index (χ3v) is 6.90. The second-order valence-electron chi connectivity index (χ2n) is 8.60. The number of hydrogen-bond acceptors (Lipinski definition) is 2. The van der Waals surface area contributed by atoms with E-state index in [1.54, 1.807) is 0 Å². The molecule has 0 spiro atoms. The number of rotatable bonds is 9.